The number of halogens is 2. The van der Waals surface area contributed by atoms with Gasteiger partial charge in [-0.2, -0.15) is 0 Å². The summed E-state index contributed by atoms with van der Waals surface area (Å²) in [5, 5.41) is 3.42. The number of amides is 2. The number of carbonyl (C=O) groups excluding carboxylic acids is 2. The number of hydrogen-bond donors (Lipinski definition) is 1. The third-order valence-corrected chi connectivity index (χ3v) is 4.02. The maximum atomic E-state index is 12.5. The highest BCUT2D eigenvalue weighted by Crippen LogP contribution is 2.31. The number of nitrogens with one attached hydrogen (secondary N) is 1. The lowest BCUT2D eigenvalue weighted by molar-refractivity contribution is -0.120. The van der Waals surface area contributed by atoms with Crippen molar-refractivity contribution in [3.8, 4) is 0 Å². The first-order valence-electron chi connectivity index (χ1n) is 7.43. The Bertz CT molecular complexity index is 594. The monoisotopic (exact) mass is 358 g/mol. The molecule has 0 aromatic heterocycles. The normalized spacial score (nSPS) is 18.0. The van der Waals surface area contributed by atoms with Gasteiger partial charge in [-0.15, -0.1) is 0 Å². The summed E-state index contributed by atoms with van der Waals surface area (Å²) >= 11 is 12.1. The SMILES string of the molecule is CC(C)(C)OC(=O)N1CCCC1C(=O)Nc1c(Cl)cccc1Cl. The number of likely N-dealkylation sites (tertiary alicyclic amines) is 1. The second-order valence-corrected chi connectivity index (χ2v) is 7.23. The minimum absolute atomic E-state index is 0.316. The zero-order chi connectivity index (χ0) is 17.2. The van der Waals surface area contributed by atoms with Crippen molar-refractivity contribution in [1.82, 2.24) is 4.90 Å². The van der Waals surface area contributed by atoms with Crippen molar-refractivity contribution in [2.75, 3.05) is 11.9 Å². The summed E-state index contributed by atoms with van der Waals surface area (Å²) in [6.07, 6.45) is 0.834. The third kappa shape index (κ3) is 4.52. The molecule has 23 heavy (non-hydrogen) atoms. The van der Waals surface area contributed by atoms with Crippen molar-refractivity contribution in [2.45, 2.75) is 45.3 Å². The molecule has 0 saturated carbocycles. The molecule has 5 nitrogen and oxygen atoms in total. The Hall–Kier alpha value is -1.46. The lowest BCUT2D eigenvalue weighted by atomic mass is 10.2. The topological polar surface area (TPSA) is 58.6 Å². The van der Waals surface area contributed by atoms with E-state index in [2.05, 4.69) is 5.32 Å². The van der Waals surface area contributed by atoms with Crippen LogP contribution < -0.4 is 5.32 Å². The zero-order valence-corrected chi connectivity index (χ0v) is 14.9. The summed E-state index contributed by atoms with van der Waals surface area (Å²) in [6.45, 7) is 5.86. The molecule has 0 spiro atoms. The smallest absolute Gasteiger partial charge is 0.410 e. The fraction of sp³-hybridized carbons (Fsp3) is 0.500. The number of anilines is 1. The van der Waals surface area contributed by atoms with Crippen LogP contribution in [0.4, 0.5) is 10.5 Å². The first kappa shape index (κ1) is 17.9. The number of carbonyl (C=O) groups is 2. The number of rotatable bonds is 2. The van der Waals surface area contributed by atoms with E-state index in [4.69, 9.17) is 27.9 Å². The van der Waals surface area contributed by atoms with Crippen molar-refractivity contribution in [3.05, 3.63) is 28.2 Å². The summed E-state index contributed by atoms with van der Waals surface area (Å²) in [6, 6.07) is 4.40. The Morgan fingerprint density at radius 1 is 1.26 bits per heavy atom. The van der Waals surface area contributed by atoms with E-state index in [1.807, 2.05) is 0 Å². The molecule has 1 aromatic rings. The number of nitrogens with zero attached hydrogens (tertiary/aromatic N) is 1. The van der Waals surface area contributed by atoms with Gasteiger partial charge < -0.3 is 10.1 Å². The van der Waals surface area contributed by atoms with E-state index >= 15 is 0 Å². The van der Waals surface area contributed by atoms with Gasteiger partial charge in [0.1, 0.15) is 11.6 Å². The van der Waals surface area contributed by atoms with Crippen LogP contribution >= 0.6 is 23.2 Å². The molecule has 1 atom stereocenters. The highest BCUT2D eigenvalue weighted by Gasteiger charge is 2.36. The minimum atomic E-state index is -0.604. The molecule has 1 aromatic carbocycles. The van der Waals surface area contributed by atoms with Crippen LogP contribution in [0.3, 0.4) is 0 Å². The van der Waals surface area contributed by atoms with Crippen LogP contribution in [0.2, 0.25) is 10.0 Å². The number of para-hydroxylation sites is 1. The molecule has 2 rings (SSSR count). The molecule has 1 aliphatic rings. The van der Waals surface area contributed by atoms with Gasteiger partial charge in [0.15, 0.2) is 0 Å². The Kier molecular flexibility index (Phi) is 5.42. The number of ether oxygens (including phenoxy) is 1. The van der Waals surface area contributed by atoms with Crippen molar-refractivity contribution < 1.29 is 14.3 Å². The minimum Gasteiger partial charge on any atom is -0.444 e. The first-order chi connectivity index (χ1) is 10.7. The second kappa shape index (κ2) is 6.97. The van der Waals surface area contributed by atoms with Crippen LogP contribution in [0.25, 0.3) is 0 Å². The van der Waals surface area contributed by atoms with E-state index in [9.17, 15) is 9.59 Å². The van der Waals surface area contributed by atoms with Crippen molar-refractivity contribution >= 4 is 40.9 Å². The van der Waals surface area contributed by atoms with Gasteiger partial charge in [0.25, 0.3) is 0 Å². The maximum absolute atomic E-state index is 12.5. The van der Waals surface area contributed by atoms with Gasteiger partial charge in [-0.25, -0.2) is 4.79 Å². The van der Waals surface area contributed by atoms with Gasteiger partial charge >= 0.3 is 6.09 Å². The Labute approximate surface area is 145 Å². The maximum Gasteiger partial charge on any atom is 0.410 e. The summed E-state index contributed by atoms with van der Waals surface area (Å²) in [5.41, 5.74) is -0.246. The zero-order valence-electron chi connectivity index (χ0n) is 13.4. The van der Waals surface area contributed by atoms with Crippen molar-refractivity contribution in [2.24, 2.45) is 0 Å². The van der Waals surface area contributed by atoms with E-state index in [1.54, 1.807) is 39.0 Å². The molecule has 0 aliphatic carbocycles. The van der Waals surface area contributed by atoms with E-state index in [0.717, 1.165) is 6.42 Å². The van der Waals surface area contributed by atoms with Crippen molar-refractivity contribution in [1.29, 1.82) is 0 Å². The molecule has 7 heteroatoms. The lowest BCUT2D eigenvalue weighted by Gasteiger charge is -2.28. The summed E-state index contributed by atoms with van der Waals surface area (Å²) in [4.78, 5) is 26.2. The third-order valence-electron chi connectivity index (χ3n) is 3.39. The fourth-order valence-corrected chi connectivity index (χ4v) is 2.89. The molecule has 2 amide bonds. The summed E-state index contributed by atoms with van der Waals surface area (Å²) in [5.74, 6) is -0.316. The molecule has 126 valence electrons. The molecule has 1 fully saturated rings. The van der Waals surface area contributed by atoms with Gasteiger partial charge in [0.2, 0.25) is 5.91 Å². The molecular weight excluding hydrogens is 339 g/mol. The van der Waals surface area contributed by atoms with Crippen LogP contribution in [0.1, 0.15) is 33.6 Å². The van der Waals surface area contributed by atoms with Gasteiger partial charge in [-0.1, -0.05) is 29.3 Å². The lowest BCUT2D eigenvalue weighted by Crippen LogP contribution is -2.45. The Balaban J connectivity index is 2.10. The van der Waals surface area contributed by atoms with Crippen LogP contribution in [-0.2, 0) is 9.53 Å². The average molecular weight is 359 g/mol. The second-order valence-electron chi connectivity index (χ2n) is 6.42. The van der Waals surface area contributed by atoms with E-state index in [0.29, 0.717) is 28.7 Å². The molecule has 1 heterocycles. The highest BCUT2D eigenvalue weighted by atomic mass is 35.5. The number of hydrogen-bond acceptors (Lipinski definition) is 3. The highest BCUT2D eigenvalue weighted by molar-refractivity contribution is 6.39. The van der Waals surface area contributed by atoms with Gasteiger partial charge in [0.05, 0.1) is 15.7 Å². The molecule has 1 saturated heterocycles. The summed E-state index contributed by atoms with van der Waals surface area (Å²) in [7, 11) is 0. The Morgan fingerprint density at radius 3 is 2.43 bits per heavy atom. The van der Waals surface area contributed by atoms with Crippen LogP contribution in [-0.4, -0.2) is 35.1 Å². The quantitative estimate of drug-likeness (QED) is 0.855. The van der Waals surface area contributed by atoms with Gasteiger partial charge in [-0.05, 0) is 45.7 Å². The molecule has 0 radical (unpaired) electrons. The van der Waals surface area contributed by atoms with Gasteiger partial charge in [-0.3, -0.25) is 9.69 Å². The van der Waals surface area contributed by atoms with Crippen LogP contribution in [0.5, 0.6) is 0 Å². The van der Waals surface area contributed by atoms with E-state index in [1.165, 1.54) is 4.90 Å². The molecule has 1 unspecified atom stereocenters. The first-order valence-corrected chi connectivity index (χ1v) is 8.19. The van der Waals surface area contributed by atoms with Crippen molar-refractivity contribution in [3.63, 3.8) is 0 Å². The Morgan fingerprint density at radius 2 is 1.87 bits per heavy atom. The predicted molar refractivity (Wildman–Crippen MR) is 91.1 cm³/mol. The number of benzene rings is 1. The molecular formula is C16H20Cl2N2O3. The molecule has 1 aliphatic heterocycles. The van der Waals surface area contributed by atoms with E-state index < -0.39 is 17.7 Å². The fourth-order valence-electron chi connectivity index (χ4n) is 2.40. The average Bonchev–Trinajstić information content (AvgIpc) is 2.90. The van der Waals surface area contributed by atoms with E-state index in [-0.39, 0.29) is 5.91 Å². The van der Waals surface area contributed by atoms with Crippen LogP contribution in [0, 0.1) is 0 Å². The van der Waals surface area contributed by atoms with Gasteiger partial charge in [0, 0.05) is 6.54 Å². The predicted octanol–water partition coefficient (Wildman–Crippen LogP) is 4.33. The molecule has 1 N–H and O–H groups in total. The van der Waals surface area contributed by atoms with Crippen LogP contribution in [0.15, 0.2) is 18.2 Å². The standard InChI is InChI=1S/C16H20Cl2N2O3/c1-16(2,3)23-15(22)20-9-5-8-12(20)14(21)19-13-10(17)6-4-7-11(13)18/h4,6-7,12H,5,8-9H2,1-3H3,(H,19,21). The summed E-state index contributed by atoms with van der Waals surface area (Å²) < 4.78 is 5.35. The largest absolute Gasteiger partial charge is 0.444 e. The molecule has 0 bridgehead atoms.